The number of hydrogen-bond donors (Lipinski definition) is 1. The monoisotopic (exact) mass is 313 g/mol. The number of pyridine rings is 1. The molecule has 1 N–H and O–H groups in total. The summed E-state index contributed by atoms with van der Waals surface area (Å²) in [6.45, 7) is 2.79. The average molecular weight is 313 g/mol. The van der Waals surface area contributed by atoms with Gasteiger partial charge in [-0.1, -0.05) is 31.1 Å². The lowest BCUT2D eigenvalue weighted by atomic mass is 10.1. The van der Waals surface area contributed by atoms with Crippen LogP contribution in [0.15, 0.2) is 30.5 Å². The first-order valence-electron chi connectivity index (χ1n) is 8.94. The number of nitrogens with zero attached hydrogens (tertiary/aromatic N) is 2. The van der Waals surface area contributed by atoms with Gasteiger partial charge in [-0.15, -0.1) is 0 Å². The largest absolute Gasteiger partial charge is 0.357 e. The van der Waals surface area contributed by atoms with Gasteiger partial charge in [0.1, 0.15) is 5.82 Å². The number of aromatic nitrogens is 1. The van der Waals surface area contributed by atoms with Gasteiger partial charge in [0.05, 0.1) is 0 Å². The van der Waals surface area contributed by atoms with Crippen molar-refractivity contribution in [3.8, 4) is 0 Å². The molecule has 1 aromatic rings. The van der Waals surface area contributed by atoms with Crippen LogP contribution in [0.2, 0.25) is 0 Å². The molecule has 0 saturated carbocycles. The molecule has 4 heteroatoms. The van der Waals surface area contributed by atoms with E-state index in [1.165, 1.54) is 25.7 Å². The van der Waals surface area contributed by atoms with E-state index in [4.69, 9.17) is 0 Å². The maximum atomic E-state index is 12.0. The molecule has 1 aliphatic heterocycles. The number of hydrogen-bond acceptors (Lipinski definition) is 3. The molecule has 124 valence electrons. The van der Waals surface area contributed by atoms with Gasteiger partial charge in [0, 0.05) is 32.3 Å². The van der Waals surface area contributed by atoms with Crippen LogP contribution in [-0.4, -0.2) is 24.0 Å². The van der Waals surface area contributed by atoms with Crippen molar-refractivity contribution >= 4 is 11.7 Å². The van der Waals surface area contributed by atoms with Crippen molar-refractivity contribution in [3.63, 3.8) is 0 Å². The van der Waals surface area contributed by atoms with E-state index in [2.05, 4.69) is 39.5 Å². The summed E-state index contributed by atoms with van der Waals surface area (Å²) < 4.78 is 0. The number of nitrogens with one attached hydrogen (secondary N) is 1. The van der Waals surface area contributed by atoms with Gasteiger partial charge in [0.2, 0.25) is 5.91 Å². The Morgan fingerprint density at radius 1 is 1.22 bits per heavy atom. The summed E-state index contributed by atoms with van der Waals surface area (Å²) in [6, 6.07) is 4.18. The van der Waals surface area contributed by atoms with Gasteiger partial charge in [-0.3, -0.25) is 4.79 Å². The average Bonchev–Trinajstić information content (AvgIpc) is 2.93. The molecule has 0 spiro atoms. The van der Waals surface area contributed by atoms with Crippen molar-refractivity contribution in [2.45, 2.75) is 51.5 Å². The van der Waals surface area contributed by atoms with Gasteiger partial charge < -0.3 is 10.2 Å². The van der Waals surface area contributed by atoms with Crippen LogP contribution in [0.4, 0.5) is 5.82 Å². The third-order valence-electron chi connectivity index (χ3n) is 4.79. The molecule has 1 saturated heterocycles. The Morgan fingerprint density at radius 3 is 2.70 bits per heavy atom. The van der Waals surface area contributed by atoms with Gasteiger partial charge in [0.25, 0.3) is 0 Å². The Hall–Kier alpha value is -1.84. The number of allylic oxidation sites excluding steroid dienone is 2. The normalized spacial score (nSPS) is 21.2. The summed E-state index contributed by atoms with van der Waals surface area (Å²) in [5, 5.41) is 3.01. The lowest BCUT2D eigenvalue weighted by Gasteiger charge is -2.21. The number of amides is 1. The lowest BCUT2D eigenvalue weighted by Crippen LogP contribution is -2.26. The summed E-state index contributed by atoms with van der Waals surface area (Å²) in [6.07, 6.45) is 14.2. The quantitative estimate of drug-likeness (QED) is 0.847. The van der Waals surface area contributed by atoms with Crippen LogP contribution >= 0.6 is 0 Å². The van der Waals surface area contributed by atoms with Crippen LogP contribution in [0.3, 0.4) is 0 Å². The molecule has 1 amide bonds. The van der Waals surface area contributed by atoms with E-state index < -0.39 is 0 Å². The van der Waals surface area contributed by atoms with E-state index in [9.17, 15) is 4.79 Å². The molecule has 4 nitrogen and oxygen atoms in total. The van der Waals surface area contributed by atoms with Crippen LogP contribution in [0.25, 0.3) is 0 Å². The molecule has 3 rings (SSSR count). The lowest BCUT2D eigenvalue weighted by molar-refractivity contribution is -0.121. The molecule has 1 fully saturated rings. The minimum atomic E-state index is 0.137. The number of carbonyl (C=O) groups excluding carboxylic acids is 1. The van der Waals surface area contributed by atoms with Crippen molar-refractivity contribution in [2.75, 3.05) is 18.0 Å². The van der Waals surface area contributed by atoms with Crippen molar-refractivity contribution in [2.24, 2.45) is 5.92 Å². The summed E-state index contributed by atoms with van der Waals surface area (Å²) >= 11 is 0. The molecule has 23 heavy (non-hydrogen) atoms. The van der Waals surface area contributed by atoms with Crippen LogP contribution in [0, 0.1) is 5.92 Å². The van der Waals surface area contributed by atoms with Crippen LogP contribution in [-0.2, 0) is 11.3 Å². The van der Waals surface area contributed by atoms with E-state index in [0.29, 0.717) is 18.9 Å². The first-order chi connectivity index (χ1) is 11.3. The topological polar surface area (TPSA) is 45.2 Å². The second-order valence-corrected chi connectivity index (χ2v) is 6.67. The molecule has 0 radical (unpaired) electrons. The Bertz CT molecular complexity index is 530. The van der Waals surface area contributed by atoms with Crippen LogP contribution < -0.4 is 10.2 Å². The predicted molar refractivity (Wildman–Crippen MR) is 93.2 cm³/mol. The maximum Gasteiger partial charge on any atom is 0.220 e. The van der Waals surface area contributed by atoms with Gasteiger partial charge in [0.15, 0.2) is 0 Å². The molecule has 2 aliphatic rings. The third-order valence-corrected chi connectivity index (χ3v) is 4.79. The molecule has 1 aliphatic carbocycles. The van der Waals surface area contributed by atoms with Crippen molar-refractivity contribution < 1.29 is 4.79 Å². The molecule has 2 heterocycles. The Kier molecular flexibility index (Phi) is 5.67. The highest BCUT2D eigenvalue weighted by molar-refractivity contribution is 5.76. The highest BCUT2D eigenvalue weighted by Crippen LogP contribution is 2.20. The molecular weight excluding hydrogens is 286 g/mol. The van der Waals surface area contributed by atoms with E-state index in [0.717, 1.165) is 37.3 Å². The zero-order valence-electron chi connectivity index (χ0n) is 13.8. The van der Waals surface area contributed by atoms with Crippen LogP contribution in [0.5, 0.6) is 0 Å². The molecule has 1 atom stereocenters. The Balaban J connectivity index is 1.47. The van der Waals surface area contributed by atoms with Crippen molar-refractivity contribution in [3.05, 3.63) is 36.0 Å². The highest BCUT2D eigenvalue weighted by Gasteiger charge is 2.14. The maximum absolute atomic E-state index is 12.0. The van der Waals surface area contributed by atoms with Crippen molar-refractivity contribution in [1.82, 2.24) is 10.3 Å². The van der Waals surface area contributed by atoms with Crippen LogP contribution in [0.1, 0.15) is 50.5 Å². The van der Waals surface area contributed by atoms with Gasteiger partial charge in [-0.25, -0.2) is 4.98 Å². The first-order valence-corrected chi connectivity index (χ1v) is 8.94. The fourth-order valence-corrected chi connectivity index (χ4v) is 3.38. The number of rotatable bonds is 5. The molecule has 0 aromatic carbocycles. The fraction of sp³-hybridized carbons (Fsp3) is 0.579. The van der Waals surface area contributed by atoms with E-state index in [-0.39, 0.29) is 5.91 Å². The molecular formula is C19H27N3O. The second kappa shape index (κ2) is 8.14. The van der Waals surface area contributed by atoms with Gasteiger partial charge >= 0.3 is 0 Å². The van der Waals surface area contributed by atoms with Crippen molar-refractivity contribution in [1.29, 1.82) is 0 Å². The second-order valence-electron chi connectivity index (χ2n) is 6.67. The third kappa shape index (κ3) is 4.81. The zero-order valence-corrected chi connectivity index (χ0v) is 13.8. The minimum Gasteiger partial charge on any atom is -0.357 e. The standard InChI is InChI=1S/C19H27N3O/c23-19(13-16-7-3-4-8-16)21-15-17-9-10-18(20-14-17)22-11-5-1-2-6-12-22/h3,7,9-10,14,16H,1-2,4-6,8,11-13,15H2,(H,21,23). The Labute approximate surface area is 139 Å². The molecule has 0 bridgehead atoms. The smallest absolute Gasteiger partial charge is 0.220 e. The zero-order chi connectivity index (χ0) is 15.9. The van der Waals surface area contributed by atoms with Gasteiger partial charge in [-0.05, 0) is 43.2 Å². The first kappa shape index (κ1) is 16.0. The van der Waals surface area contributed by atoms with Gasteiger partial charge in [-0.2, -0.15) is 0 Å². The summed E-state index contributed by atoms with van der Waals surface area (Å²) in [7, 11) is 0. The van der Waals surface area contributed by atoms with E-state index in [1.54, 1.807) is 0 Å². The minimum absolute atomic E-state index is 0.137. The van der Waals surface area contributed by atoms with E-state index >= 15 is 0 Å². The summed E-state index contributed by atoms with van der Waals surface area (Å²) in [4.78, 5) is 18.9. The fourth-order valence-electron chi connectivity index (χ4n) is 3.38. The molecule has 1 aromatic heterocycles. The highest BCUT2D eigenvalue weighted by atomic mass is 16.1. The summed E-state index contributed by atoms with van der Waals surface area (Å²) in [5.74, 6) is 1.63. The Morgan fingerprint density at radius 2 is 2.04 bits per heavy atom. The summed E-state index contributed by atoms with van der Waals surface area (Å²) in [5.41, 5.74) is 1.07. The predicted octanol–water partition coefficient (Wildman–Crippen LogP) is 3.43. The number of anilines is 1. The number of carbonyl (C=O) groups is 1. The SMILES string of the molecule is O=C(CC1C=CCC1)NCc1ccc(N2CCCCCC2)nc1. The molecule has 1 unspecified atom stereocenters. The van der Waals surface area contributed by atoms with E-state index in [1.807, 2.05) is 6.20 Å².